The first-order valence-corrected chi connectivity index (χ1v) is 7.06. The number of nitrogens with one attached hydrogen (secondary N) is 1. The van der Waals surface area contributed by atoms with Crippen LogP contribution >= 0.6 is 38.9 Å². The fourth-order valence-electron chi connectivity index (χ4n) is 1.29. The number of halogens is 2. The lowest BCUT2D eigenvalue weighted by Gasteiger charge is -2.05. The number of rotatable bonds is 3. The third kappa shape index (κ3) is 3.08. The minimum absolute atomic E-state index is 0.269. The zero-order valence-electron chi connectivity index (χ0n) is 9.11. The molecule has 4 nitrogen and oxygen atoms in total. The average molecular weight is 347 g/mol. The molecular formula is C11H9BrClN3OS. The lowest BCUT2D eigenvalue weighted by molar-refractivity contribution is 0.102. The van der Waals surface area contributed by atoms with Crippen molar-refractivity contribution < 1.29 is 4.79 Å². The lowest BCUT2D eigenvalue weighted by Crippen LogP contribution is -2.13. The zero-order chi connectivity index (χ0) is 13.1. The molecule has 0 spiro atoms. The largest absolute Gasteiger partial charge is 0.325 e. The van der Waals surface area contributed by atoms with Crippen molar-refractivity contribution in [1.29, 1.82) is 0 Å². The summed E-state index contributed by atoms with van der Waals surface area (Å²) in [6.45, 7) is 0.336. The van der Waals surface area contributed by atoms with Crippen molar-refractivity contribution in [3.63, 3.8) is 0 Å². The van der Waals surface area contributed by atoms with Gasteiger partial charge in [-0.3, -0.25) is 4.79 Å². The van der Waals surface area contributed by atoms with E-state index in [0.29, 0.717) is 22.9 Å². The fraction of sp³-hybridized carbons (Fsp3) is 0.0909. The smallest absolute Gasteiger partial charge is 0.275 e. The molecule has 94 valence electrons. The number of amides is 1. The van der Waals surface area contributed by atoms with Gasteiger partial charge >= 0.3 is 0 Å². The summed E-state index contributed by atoms with van der Waals surface area (Å²) in [7, 11) is 0. The van der Waals surface area contributed by atoms with Crippen LogP contribution in [0.4, 0.5) is 5.69 Å². The summed E-state index contributed by atoms with van der Waals surface area (Å²) in [4.78, 5) is 16.0. The number of aromatic nitrogens is 1. The predicted molar refractivity (Wildman–Crippen MR) is 77.1 cm³/mol. The normalized spacial score (nSPS) is 10.4. The Hall–Kier alpha value is -0.950. The molecule has 0 aliphatic carbocycles. The van der Waals surface area contributed by atoms with E-state index >= 15 is 0 Å². The molecule has 0 aliphatic rings. The summed E-state index contributed by atoms with van der Waals surface area (Å²) in [6, 6.07) is 5.14. The molecule has 1 amide bonds. The second kappa shape index (κ2) is 5.79. The molecule has 1 heterocycles. The molecule has 0 aliphatic heterocycles. The molecule has 1 aromatic heterocycles. The lowest BCUT2D eigenvalue weighted by atomic mass is 10.3. The Morgan fingerprint density at radius 3 is 2.94 bits per heavy atom. The van der Waals surface area contributed by atoms with E-state index < -0.39 is 0 Å². The summed E-state index contributed by atoms with van der Waals surface area (Å²) in [5.41, 5.74) is 6.46. The van der Waals surface area contributed by atoms with Crippen molar-refractivity contribution in [3.05, 3.63) is 43.8 Å². The molecule has 0 saturated heterocycles. The highest BCUT2D eigenvalue weighted by Gasteiger charge is 2.12. The van der Waals surface area contributed by atoms with Gasteiger partial charge in [0.1, 0.15) is 10.7 Å². The summed E-state index contributed by atoms with van der Waals surface area (Å²) in [5.74, 6) is -0.269. The first kappa shape index (κ1) is 13.5. The maximum atomic E-state index is 11.9. The summed E-state index contributed by atoms with van der Waals surface area (Å²) < 4.78 is 0.720. The second-order valence-corrected chi connectivity index (χ2v) is 5.64. The topological polar surface area (TPSA) is 68.0 Å². The van der Waals surface area contributed by atoms with Gasteiger partial charge in [-0.2, -0.15) is 0 Å². The number of hydrogen-bond acceptors (Lipinski definition) is 4. The van der Waals surface area contributed by atoms with Crippen LogP contribution in [0.3, 0.4) is 0 Å². The SMILES string of the molecule is NCc1nc(C(=O)Nc2ccc(Cl)cc2Br)cs1. The van der Waals surface area contributed by atoms with Gasteiger partial charge in [-0.1, -0.05) is 11.6 Å². The Morgan fingerprint density at radius 2 is 2.33 bits per heavy atom. The van der Waals surface area contributed by atoms with Gasteiger partial charge in [-0.15, -0.1) is 11.3 Å². The van der Waals surface area contributed by atoms with Gasteiger partial charge in [-0.25, -0.2) is 4.98 Å². The number of anilines is 1. The van der Waals surface area contributed by atoms with Gasteiger partial charge in [0.05, 0.1) is 5.69 Å². The second-order valence-electron chi connectivity index (χ2n) is 3.41. The van der Waals surface area contributed by atoms with Crippen molar-refractivity contribution in [2.75, 3.05) is 5.32 Å². The van der Waals surface area contributed by atoms with Gasteiger partial charge in [0.2, 0.25) is 0 Å². The molecule has 0 radical (unpaired) electrons. The van der Waals surface area contributed by atoms with E-state index in [2.05, 4.69) is 26.2 Å². The van der Waals surface area contributed by atoms with Crippen molar-refractivity contribution >= 4 is 50.5 Å². The molecule has 7 heteroatoms. The highest BCUT2D eigenvalue weighted by molar-refractivity contribution is 9.10. The Morgan fingerprint density at radius 1 is 1.56 bits per heavy atom. The molecule has 2 aromatic rings. The van der Waals surface area contributed by atoms with Gasteiger partial charge in [-0.05, 0) is 34.1 Å². The van der Waals surface area contributed by atoms with Gasteiger partial charge in [0.25, 0.3) is 5.91 Å². The van der Waals surface area contributed by atoms with Crippen molar-refractivity contribution in [3.8, 4) is 0 Å². The number of nitrogens with two attached hydrogens (primary N) is 1. The third-order valence-electron chi connectivity index (χ3n) is 2.14. The maximum absolute atomic E-state index is 11.9. The number of thiazole rings is 1. The van der Waals surface area contributed by atoms with E-state index in [9.17, 15) is 4.79 Å². The van der Waals surface area contributed by atoms with E-state index in [1.165, 1.54) is 11.3 Å². The highest BCUT2D eigenvalue weighted by Crippen LogP contribution is 2.26. The van der Waals surface area contributed by atoms with Gasteiger partial charge < -0.3 is 11.1 Å². The summed E-state index contributed by atoms with van der Waals surface area (Å²) >= 11 is 10.5. The Kier molecular flexibility index (Phi) is 4.34. The molecule has 0 fully saturated rings. The van der Waals surface area contributed by atoms with Crippen molar-refractivity contribution in [2.45, 2.75) is 6.54 Å². The van der Waals surface area contributed by atoms with Crippen LogP contribution in [0.5, 0.6) is 0 Å². The predicted octanol–water partition coefficient (Wildman–Crippen LogP) is 3.27. The first-order valence-electron chi connectivity index (χ1n) is 5.01. The molecule has 1 aromatic carbocycles. The van der Waals surface area contributed by atoms with E-state index in [0.717, 1.165) is 9.48 Å². The Bertz CT molecular complexity index is 587. The number of nitrogens with zero attached hydrogens (tertiary/aromatic N) is 1. The number of hydrogen-bond donors (Lipinski definition) is 2. The van der Waals surface area contributed by atoms with Crippen LogP contribution < -0.4 is 11.1 Å². The van der Waals surface area contributed by atoms with Crippen molar-refractivity contribution in [1.82, 2.24) is 4.98 Å². The van der Waals surface area contributed by atoms with E-state index in [-0.39, 0.29) is 5.91 Å². The van der Waals surface area contributed by atoms with Crippen LogP contribution in [-0.4, -0.2) is 10.9 Å². The maximum Gasteiger partial charge on any atom is 0.275 e. The van der Waals surface area contributed by atoms with Crippen LogP contribution in [-0.2, 0) is 6.54 Å². The number of carbonyl (C=O) groups is 1. The Labute approximate surface area is 121 Å². The molecular weight excluding hydrogens is 338 g/mol. The quantitative estimate of drug-likeness (QED) is 0.896. The van der Waals surface area contributed by atoms with Crippen LogP contribution in [0.1, 0.15) is 15.5 Å². The van der Waals surface area contributed by atoms with Crippen LogP contribution in [0.25, 0.3) is 0 Å². The van der Waals surface area contributed by atoms with Crippen LogP contribution in [0.2, 0.25) is 5.02 Å². The third-order valence-corrected chi connectivity index (χ3v) is 3.90. The molecule has 0 bridgehead atoms. The standard InChI is InChI=1S/C11H9BrClN3OS/c12-7-3-6(13)1-2-8(7)16-11(17)9-5-18-10(4-14)15-9/h1-3,5H,4,14H2,(H,16,17). The summed E-state index contributed by atoms with van der Waals surface area (Å²) in [5, 5.41) is 5.76. The van der Waals surface area contributed by atoms with Crippen molar-refractivity contribution in [2.24, 2.45) is 5.73 Å². The fourth-order valence-corrected chi connectivity index (χ4v) is 2.72. The minimum Gasteiger partial charge on any atom is -0.325 e. The first-order chi connectivity index (χ1) is 8.60. The monoisotopic (exact) mass is 345 g/mol. The molecule has 18 heavy (non-hydrogen) atoms. The van der Waals surface area contributed by atoms with Crippen LogP contribution in [0.15, 0.2) is 28.1 Å². The van der Waals surface area contributed by atoms with Crippen LogP contribution in [0, 0.1) is 0 Å². The molecule has 2 rings (SSSR count). The minimum atomic E-state index is -0.269. The number of carbonyl (C=O) groups excluding carboxylic acids is 1. The van der Waals surface area contributed by atoms with E-state index in [4.69, 9.17) is 17.3 Å². The average Bonchev–Trinajstić information content (AvgIpc) is 2.81. The molecule has 0 atom stereocenters. The molecule has 0 saturated carbocycles. The molecule has 0 unspecified atom stereocenters. The highest BCUT2D eigenvalue weighted by atomic mass is 79.9. The molecule has 3 N–H and O–H groups in total. The van der Waals surface area contributed by atoms with Gasteiger partial charge in [0, 0.05) is 21.4 Å². The zero-order valence-corrected chi connectivity index (χ0v) is 12.3. The van der Waals surface area contributed by atoms with Gasteiger partial charge in [0.15, 0.2) is 0 Å². The number of benzene rings is 1. The van der Waals surface area contributed by atoms with E-state index in [1.807, 2.05) is 0 Å². The Balaban J connectivity index is 2.16. The van der Waals surface area contributed by atoms with E-state index in [1.54, 1.807) is 23.6 Å². The summed E-state index contributed by atoms with van der Waals surface area (Å²) in [6.07, 6.45) is 0.